The van der Waals surface area contributed by atoms with Crippen LogP contribution in [0.4, 0.5) is 0 Å². The highest BCUT2D eigenvalue weighted by atomic mass is 16.2. The minimum absolute atomic E-state index is 0.114. The van der Waals surface area contributed by atoms with E-state index in [0.717, 1.165) is 31.0 Å². The maximum atomic E-state index is 12.7. The Hall–Kier alpha value is -2.18. The Labute approximate surface area is 129 Å². The number of amides is 1. The van der Waals surface area contributed by atoms with Gasteiger partial charge < -0.3 is 4.90 Å². The van der Waals surface area contributed by atoms with Crippen molar-refractivity contribution in [3.05, 3.63) is 30.1 Å². The van der Waals surface area contributed by atoms with E-state index in [1.54, 1.807) is 10.9 Å². The summed E-state index contributed by atoms with van der Waals surface area (Å²) in [5.41, 5.74) is 0. The number of carbonyl (C=O) groups excluding carboxylic acids is 1. The van der Waals surface area contributed by atoms with Gasteiger partial charge in [-0.1, -0.05) is 0 Å². The molecule has 0 unspecified atom stereocenters. The third kappa shape index (κ3) is 2.75. The van der Waals surface area contributed by atoms with Crippen molar-refractivity contribution in [2.24, 2.45) is 0 Å². The van der Waals surface area contributed by atoms with Gasteiger partial charge in [0.05, 0.1) is 6.04 Å². The van der Waals surface area contributed by atoms with Crippen LogP contribution < -0.4 is 0 Å². The fraction of sp³-hybridized carbons (Fsp3) is 0.600. The summed E-state index contributed by atoms with van der Waals surface area (Å²) in [6, 6.07) is 1.78. The Kier molecular flexibility index (Phi) is 3.96. The third-order valence-electron chi connectivity index (χ3n) is 4.24. The van der Waals surface area contributed by atoms with Crippen LogP contribution >= 0.6 is 0 Å². The lowest BCUT2D eigenvalue weighted by Gasteiger charge is -2.34. The summed E-state index contributed by atoms with van der Waals surface area (Å²) in [4.78, 5) is 19.0. The van der Waals surface area contributed by atoms with E-state index in [2.05, 4.69) is 15.2 Å². The largest absolute Gasteiger partial charge is 0.339 e. The molecule has 3 heterocycles. The first-order valence-corrected chi connectivity index (χ1v) is 7.74. The van der Waals surface area contributed by atoms with Gasteiger partial charge in [-0.15, -0.1) is 0 Å². The van der Waals surface area contributed by atoms with E-state index in [4.69, 9.17) is 0 Å². The van der Waals surface area contributed by atoms with E-state index in [9.17, 15) is 4.79 Å². The summed E-state index contributed by atoms with van der Waals surface area (Å²) < 4.78 is 3.67. The van der Waals surface area contributed by atoms with Crippen molar-refractivity contribution in [2.75, 3.05) is 13.1 Å². The maximum absolute atomic E-state index is 12.7. The predicted molar refractivity (Wildman–Crippen MR) is 81.3 cm³/mol. The Balaban J connectivity index is 1.73. The van der Waals surface area contributed by atoms with Crippen molar-refractivity contribution < 1.29 is 4.79 Å². The highest BCUT2D eigenvalue weighted by Gasteiger charge is 2.29. The molecule has 0 N–H and O–H groups in total. The molecule has 2 atom stereocenters. The topological polar surface area (TPSA) is 68.8 Å². The first-order valence-electron chi connectivity index (χ1n) is 7.74. The Bertz CT molecular complexity index is 647. The number of piperidine rings is 1. The summed E-state index contributed by atoms with van der Waals surface area (Å²) in [7, 11) is 0. The van der Waals surface area contributed by atoms with Gasteiger partial charge >= 0.3 is 0 Å². The molecule has 1 saturated heterocycles. The SMILES string of the molecule is Cc1nc(C)n([C@@H]2CCCN(C(=O)[C@@H](C)n3cccn3)C2)n1. The van der Waals surface area contributed by atoms with Crippen molar-refractivity contribution >= 4 is 5.91 Å². The van der Waals surface area contributed by atoms with Crippen LogP contribution in [0.25, 0.3) is 0 Å². The van der Waals surface area contributed by atoms with Gasteiger partial charge in [-0.3, -0.25) is 9.48 Å². The van der Waals surface area contributed by atoms with Crippen molar-refractivity contribution in [1.29, 1.82) is 0 Å². The molecule has 2 aromatic rings. The van der Waals surface area contributed by atoms with E-state index in [0.29, 0.717) is 6.54 Å². The summed E-state index contributed by atoms with van der Waals surface area (Å²) in [6.45, 7) is 7.24. The number of hydrogen-bond acceptors (Lipinski definition) is 4. The van der Waals surface area contributed by atoms with Crippen LogP contribution in [-0.2, 0) is 4.79 Å². The number of carbonyl (C=O) groups is 1. The lowest BCUT2D eigenvalue weighted by molar-refractivity contribution is -0.136. The minimum Gasteiger partial charge on any atom is -0.339 e. The van der Waals surface area contributed by atoms with Crippen LogP contribution in [0.2, 0.25) is 0 Å². The van der Waals surface area contributed by atoms with Crippen molar-refractivity contribution in [2.45, 2.75) is 45.7 Å². The smallest absolute Gasteiger partial charge is 0.247 e. The number of likely N-dealkylation sites (tertiary alicyclic amines) is 1. The summed E-state index contributed by atoms with van der Waals surface area (Å²) >= 11 is 0. The van der Waals surface area contributed by atoms with Gasteiger partial charge in [0.25, 0.3) is 0 Å². The molecule has 118 valence electrons. The molecule has 0 bridgehead atoms. The zero-order valence-corrected chi connectivity index (χ0v) is 13.3. The first kappa shape index (κ1) is 14.7. The van der Waals surface area contributed by atoms with E-state index in [1.807, 2.05) is 42.6 Å². The summed E-state index contributed by atoms with van der Waals surface area (Å²) in [5, 5.41) is 8.64. The van der Waals surface area contributed by atoms with E-state index in [1.165, 1.54) is 0 Å². The zero-order valence-electron chi connectivity index (χ0n) is 13.3. The summed E-state index contributed by atoms with van der Waals surface area (Å²) in [6.07, 6.45) is 5.55. The second-order valence-corrected chi connectivity index (χ2v) is 5.89. The quantitative estimate of drug-likeness (QED) is 0.862. The molecule has 1 aliphatic rings. The Morgan fingerprint density at radius 3 is 2.86 bits per heavy atom. The van der Waals surface area contributed by atoms with Gasteiger partial charge in [0, 0.05) is 25.5 Å². The van der Waals surface area contributed by atoms with E-state index >= 15 is 0 Å². The molecule has 7 heteroatoms. The van der Waals surface area contributed by atoms with Crippen molar-refractivity contribution in [1.82, 2.24) is 29.4 Å². The molecule has 0 aromatic carbocycles. The molecular formula is C15H22N6O. The van der Waals surface area contributed by atoms with Gasteiger partial charge in [0.15, 0.2) is 0 Å². The van der Waals surface area contributed by atoms with Crippen LogP contribution in [0.3, 0.4) is 0 Å². The van der Waals surface area contributed by atoms with Crippen LogP contribution in [0.5, 0.6) is 0 Å². The highest BCUT2D eigenvalue weighted by Crippen LogP contribution is 2.24. The molecule has 1 amide bonds. The molecule has 22 heavy (non-hydrogen) atoms. The zero-order chi connectivity index (χ0) is 15.7. The molecular weight excluding hydrogens is 280 g/mol. The number of rotatable bonds is 3. The Morgan fingerprint density at radius 1 is 1.41 bits per heavy atom. The molecule has 1 fully saturated rings. The molecule has 0 spiro atoms. The average Bonchev–Trinajstić information content (AvgIpc) is 3.15. The predicted octanol–water partition coefficient (Wildman–Crippen LogP) is 1.52. The van der Waals surface area contributed by atoms with Crippen LogP contribution in [0.1, 0.15) is 43.5 Å². The number of aryl methyl sites for hydroxylation is 2. The molecule has 0 radical (unpaired) electrons. The fourth-order valence-electron chi connectivity index (χ4n) is 3.12. The van der Waals surface area contributed by atoms with Crippen LogP contribution in [-0.4, -0.2) is 48.4 Å². The monoisotopic (exact) mass is 302 g/mol. The van der Waals surface area contributed by atoms with Crippen molar-refractivity contribution in [3.63, 3.8) is 0 Å². The second-order valence-electron chi connectivity index (χ2n) is 5.89. The minimum atomic E-state index is -0.271. The van der Waals surface area contributed by atoms with Crippen LogP contribution in [0, 0.1) is 13.8 Å². The average molecular weight is 302 g/mol. The van der Waals surface area contributed by atoms with Crippen LogP contribution in [0.15, 0.2) is 18.5 Å². The van der Waals surface area contributed by atoms with Crippen molar-refractivity contribution in [3.8, 4) is 0 Å². The number of aromatic nitrogens is 5. The molecule has 1 aliphatic heterocycles. The number of hydrogen-bond donors (Lipinski definition) is 0. The lowest BCUT2D eigenvalue weighted by atomic mass is 10.0. The van der Waals surface area contributed by atoms with Gasteiger partial charge in [0.1, 0.15) is 17.7 Å². The van der Waals surface area contributed by atoms with E-state index in [-0.39, 0.29) is 18.0 Å². The maximum Gasteiger partial charge on any atom is 0.247 e. The molecule has 7 nitrogen and oxygen atoms in total. The van der Waals surface area contributed by atoms with Gasteiger partial charge in [-0.25, -0.2) is 9.67 Å². The van der Waals surface area contributed by atoms with E-state index < -0.39 is 0 Å². The first-order chi connectivity index (χ1) is 10.6. The molecule has 2 aromatic heterocycles. The number of nitrogens with zero attached hydrogens (tertiary/aromatic N) is 6. The standard InChI is InChI=1S/C15H22N6O/c1-11(20-9-5-7-16-20)15(22)19-8-4-6-14(10-19)21-13(3)17-12(2)18-21/h5,7,9,11,14H,4,6,8,10H2,1-3H3/t11-,14-/m1/s1. The lowest BCUT2D eigenvalue weighted by Crippen LogP contribution is -2.44. The van der Waals surface area contributed by atoms with Gasteiger partial charge in [0.2, 0.25) is 5.91 Å². The highest BCUT2D eigenvalue weighted by molar-refractivity contribution is 5.80. The molecule has 0 saturated carbocycles. The fourth-order valence-corrected chi connectivity index (χ4v) is 3.12. The van der Waals surface area contributed by atoms with Gasteiger partial charge in [-0.05, 0) is 39.7 Å². The molecule has 0 aliphatic carbocycles. The summed E-state index contributed by atoms with van der Waals surface area (Å²) in [5.74, 6) is 1.81. The second kappa shape index (κ2) is 5.90. The molecule has 3 rings (SSSR count). The van der Waals surface area contributed by atoms with Gasteiger partial charge in [-0.2, -0.15) is 10.2 Å². The third-order valence-corrected chi connectivity index (χ3v) is 4.24. The normalized spacial score (nSPS) is 20.1. The Morgan fingerprint density at radius 2 is 2.23 bits per heavy atom.